The van der Waals surface area contributed by atoms with Crippen molar-refractivity contribution in [3.8, 4) is 34.4 Å². The van der Waals surface area contributed by atoms with E-state index in [0.717, 1.165) is 127 Å². The van der Waals surface area contributed by atoms with E-state index in [0.29, 0.717) is 78.0 Å². The molecule has 9 aromatic heterocycles. The molecule has 514 valence electrons. The number of pyridine rings is 3. The van der Waals surface area contributed by atoms with E-state index in [1.165, 1.54) is 49.4 Å². The van der Waals surface area contributed by atoms with Gasteiger partial charge >= 0.3 is 17.7 Å². The molecule has 3 aromatic carbocycles. The molecule has 0 bridgehead atoms. The molecular formula is C73H75N15O12. The molecular weight excluding hydrogens is 1280 g/mol. The lowest BCUT2D eigenvalue weighted by molar-refractivity contribution is -0.617. The van der Waals surface area contributed by atoms with E-state index in [-0.39, 0.29) is 65.4 Å². The van der Waals surface area contributed by atoms with Crippen molar-refractivity contribution in [3.05, 3.63) is 197 Å². The summed E-state index contributed by atoms with van der Waals surface area (Å²) in [5.74, 6) is -0.266. The average Bonchev–Trinajstić information content (AvgIpc) is 1.61. The highest BCUT2D eigenvalue weighted by Gasteiger charge is 2.34. The van der Waals surface area contributed by atoms with Crippen LogP contribution in [0.25, 0.3) is 67.1 Å². The minimum Gasteiger partial charge on any atom is -0.618 e. The first-order valence-corrected chi connectivity index (χ1v) is 33.9. The number of aliphatic hydroxyl groups is 3. The fraction of sp³-hybridized carbons (Fsp3) is 0.342. The Kier molecular flexibility index (Phi) is 18.7. The maximum Gasteiger partial charge on any atom is 0.321 e. The van der Waals surface area contributed by atoms with Crippen molar-refractivity contribution in [1.82, 2.24) is 44.3 Å². The highest BCUT2D eigenvalue weighted by Crippen LogP contribution is 2.40. The zero-order valence-corrected chi connectivity index (χ0v) is 55.3. The third kappa shape index (κ3) is 14.1. The van der Waals surface area contributed by atoms with E-state index >= 15 is 0 Å². The van der Waals surface area contributed by atoms with Gasteiger partial charge in [-0.05, 0) is 144 Å². The lowest BCUT2D eigenvalue weighted by Gasteiger charge is -2.25. The molecule has 6 N–H and O–H groups in total. The fourth-order valence-electron chi connectivity index (χ4n) is 13.5. The summed E-state index contributed by atoms with van der Waals surface area (Å²) >= 11 is 0. The van der Waals surface area contributed by atoms with E-state index in [2.05, 4.69) is 30.9 Å². The van der Waals surface area contributed by atoms with Gasteiger partial charge in [-0.25, -0.2) is 15.0 Å². The van der Waals surface area contributed by atoms with Crippen molar-refractivity contribution in [2.24, 2.45) is 0 Å². The largest absolute Gasteiger partial charge is 0.618 e. The van der Waals surface area contributed by atoms with Crippen LogP contribution in [0, 0.1) is 22.5 Å². The number of fused-ring (bicyclic) bond motifs is 3. The van der Waals surface area contributed by atoms with Crippen molar-refractivity contribution < 1.29 is 57.1 Å². The van der Waals surface area contributed by atoms with Crippen molar-refractivity contribution in [2.75, 3.05) is 16.0 Å². The summed E-state index contributed by atoms with van der Waals surface area (Å²) in [6.45, 7) is 5.46. The van der Waals surface area contributed by atoms with Crippen molar-refractivity contribution in [3.63, 3.8) is 0 Å². The zero-order valence-electron chi connectivity index (χ0n) is 55.3. The van der Waals surface area contributed by atoms with Crippen LogP contribution >= 0.6 is 0 Å². The minimum atomic E-state index is -0.524. The highest BCUT2D eigenvalue weighted by molar-refractivity contribution is 6.08. The van der Waals surface area contributed by atoms with Crippen LogP contribution < -0.4 is 30.1 Å². The van der Waals surface area contributed by atoms with Crippen LogP contribution in [0.3, 0.4) is 0 Å². The van der Waals surface area contributed by atoms with Gasteiger partial charge in [0.1, 0.15) is 18.8 Å². The third-order valence-electron chi connectivity index (χ3n) is 19.2. The van der Waals surface area contributed by atoms with E-state index in [9.17, 15) is 45.3 Å². The van der Waals surface area contributed by atoms with Crippen LogP contribution in [0.4, 0.5) is 17.1 Å². The SMILES string of the molecule is CC(C)c1cccc(C(=O)Nc2cc3cn(C4CCC(O)CC4)nc3cc2-c2ncco2)[n+]1[O-].Cc1cccc(C(=O)Nc2cc3cn(C4CCC(O)CC4)nc3cc2-c2ncco2)[n+]1[O-].O=C(Nc1cc2cn(C3CCC(O)CC3)nc2cc1-c1ncco1)c1cccc(C2CC2)[n+]1[O-]. The lowest BCUT2D eigenvalue weighted by Crippen LogP contribution is -2.41. The minimum absolute atomic E-state index is 0.0000838. The van der Waals surface area contributed by atoms with Gasteiger partial charge in [-0.2, -0.15) is 29.5 Å². The Morgan fingerprint density at radius 3 is 1.17 bits per heavy atom. The van der Waals surface area contributed by atoms with Gasteiger partial charge in [0, 0.05) is 89.9 Å². The molecule has 4 fully saturated rings. The lowest BCUT2D eigenvalue weighted by atomic mass is 9.93. The van der Waals surface area contributed by atoms with Gasteiger partial charge in [-0.1, -0.05) is 13.8 Å². The molecule has 0 unspecified atom stereocenters. The van der Waals surface area contributed by atoms with Gasteiger partial charge in [0.15, 0.2) is 17.1 Å². The number of aliphatic hydroxyl groups excluding tert-OH is 3. The zero-order chi connectivity index (χ0) is 69.3. The topological polar surface area (TPSA) is 360 Å². The van der Waals surface area contributed by atoms with Gasteiger partial charge in [-0.3, -0.25) is 28.4 Å². The number of nitrogens with one attached hydrogen (secondary N) is 3. The van der Waals surface area contributed by atoms with Crippen molar-refractivity contribution in [1.29, 1.82) is 0 Å². The molecule has 0 spiro atoms. The van der Waals surface area contributed by atoms with E-state index in [1.807, 2.05) is 82.9 Å². The summed E-state index contributed by atoms with van der Waals surface area (Å²) in [7, 11) is 0. The number of benzene rings is 3. The van der Waals surface area contributed by atoms with Gasteiger partial charge in [0.2, 0.25) is 17.7 Å². The number of hydrogen-bond acceptors (Lipinski definition) is 18. The molecule has 4 aliphatic carbocycles. The summed E-state index contributed by atoms with van der Waals surface area (Å²) in [6, 6.07) is 26.5. The van der Waals surface area contributed by atoms with Crippen molar-refractivity contribution >= 4 is 67.5 Å². The average molecular weight is 1350 g/mol. The van der Waals surface area contributed by atoms with E-state index < -0.39 is 17.7 Å². The van der Waals surface area contributed by atoms with Crippen LogP contribution in [0.15, 0.2) is 160 Å². The second kappa shape index (κ2) is 28.4. The van der Waals surface area contributed by atoms with Crippen LogP contribution in [0.1, 0.15) is 182 Å². The number of oxazole rings is 3. The van der Waals surface area contributed by atoms with Crippen molar-refractivity contribution in [2.45, 2.75) is 159 Å². The summed E-state index contributed by atoms with van der Waals surface area (Å²) in [4.78, 5) is 51.9. The maximum atomic E-state index is 13.1. The van der Waals surface area contributed by atoms with Crippen LogP contribution in [0.2, 0.25) is 0 Å². The second-order valence-corrected chi connectivity index (χ2v) is 26.5. The fourth-order valence-corrected chi connectivity index (χ4v) is 13.5. The molecule has 0 atom stereocenters. The number of nitrogens with zero attached hydrogens (tertiary/aromatic N) is 12. The van der Waals surface area contributed by atoms with E-state index in [4.69, 9.17) is 28.5 Å². The van der Waals surface area contributed by atoms with Crippen LogP contribution in [0.5, 0.6) is 0 Å². The monoisotopic (exact) mass is 1350 g/mol. The molecule has 0 radical (unpaired) electrons. The first kappa shape index (κ1) is 66.1. The first-order chi connectivity index (χ1) is 48.5. The number of anilines is 3. The second-order valence-electron chi connectivity index (χ2n) is 26.5. The van der Waals surface area contributed by atoms with E-state index in [1.54, 1.807) is 49.5 Å². The molecule has 4 saturated carbocycles. The van der Waals surface area contributed by atoms with Crippen LogP contribution in [-0.4, -0.2) is 95.6 Å². The number of amides is 3. The molecule has 0 saturated heterocycles. The molecule has 27 heteroatoms. The first-order valence-electron chi connectivity index (χ1n) is 33.9. The summed E-state index contributed by atoms with van der Waals surface area (Å²) in [6.07, 6.45) is 25.9. The quantitative estimate of drug-likeness (QED) is 0.0435. The summed E-state index contributed by atoms with van der Waals surface area (Å²) < 4.78 is 24.4. The van der Waals surface area contributed by atoms with Gasteiger partial charge < -0.3 is 60.1 Å². The Morgan fingerprint density at radius 2 is 0.820 bits per heavy atom. The number of aromatic nitrogens is 12. The molecule has 12 aromatic rings. The molecule has 16 rings (SSSR count). The summed E-state index contributed by atoms with van der Waals surface area (Å²) in [5, 5.41) is 92.8. The smallest absolute Gasteiger partial charge is 0.321 e. The molecule has 0 aliphatic heterocycles. The molecule has 4 aliphatic rings. The Balaban J connectivity index is 0.000000128. The normalized spacial score (nSPS) is 19.2. The predicted octanol–water partition coefficient (Wildman–Crippen LogP) is 11.5. The summed E-state index contributed by atoms with van der Waals surface area (Å²) in [5.41, 5.74) is 7.10. The van der Waals surface area contributed by atoms with Crippen LogP contribution in [-0.2, 0) is 0 Å². The number of rotatable bonds is 14. The molecule has 100 heavy (non-hydrogen) atoms. The number of carbonyl (C=O) groups is 3. The number of hydrogen-bond donors (Lipinski definition) is 6. The number of aryl methyl sites for hydroxylation is 1. The van der Waals surface area contributed by atoms with Gasteiger partial charge in [0.05, 0.1) is 105 Å². The predicted molar refractivity (Wildman–Crippen MR) is 367 cm³/mol. The highest BCUT2D eigenvalue weighted by atomic mass is 16.5. The van der Waals surface area contributed by atoms with Gasteiger partial charge in [-0.15, -0.1) is 0 Å². The molecule has 3 amide bonds. The number of carbonyl (C=O) groups excluding carboxylic acids is 3. The van der Waals surface area contributed by atoms with Gasteiger partial charge in [0.25, 0.3) is 17.1 Å². The Bertz CT molecular complexity index is 4720. The molecule has 9 heterocycles. The molecule has 27 nitrogen and oxygen atoms in total. The maximum absolute atomic E-state index is 13.1. The third-order valence-corrected chi connectivity index (χ3v) is 19.2. The standard InChI is InChI=1S/C25H25N5O4.C25H27N5O4.C23H23N5O4/c31-18-8-6-17(7-9-18)29-14-16-12-21(19(13-20(16)28-29)25-26-10-11-34-25)27-24(32)23-3-1-2-22(30(23)33)15-4-5-15;1-15(2)22-4-3-5-23(30(22)33)24(32)27-21-12-16-14-29(17-6-8-18(31)9-7-17)28-20(16)13-19(21)25-26-10-11-34-25;1-14-3-2-4-21(28(14)31)22(30)25-20-11-15-13-27(16-5-7-17(29)8-6-16)26-19(15)12-18(20)23-24-9-10-32-23/h1-3,10-15,17-18,31H,4-9H2,(H,27,32);3-5,10-15,17-18,31H,6-9H2,1-2H3,(H,27,32);2-4,9-13,16-17,29H,5-8H2,1H3,(H,25,30). The Hall–Kier alpha value is -11.2. The Morgan fingerprint density at radius 1 is 0.470 bits per heavy atom. The Labute approximate surface area is 572 Å².